The lowest BCUT2D eigenvalue weighted by atomic mass is 9.92. The summed E-state index contributed by atoms with van der Waals surface area (Å²) in [7, 11) is 0. The van der Waals surface area contributed by atoms with Crippen LogP contribution < -0.4 is 5.32 Å². The Kier molecular flexibility index (Phi) is 3.50. The highest BCUT2D eigenvalue weighted by Gasteiger charge is 2.54. The molecule has 6 nitrogen and oxygen atoms in total. The fraction of sp³-hybridized carbons (Fsp3) is 0.526. The van der Waals surface area contributed by atoms with E-state index in [1.54, 1.807) is 6.20 Å². The van der Waals surface area contributed by atoms with E-state index in [0.29, 0.717) is 17.9 Å². The third-order valence-electron chi connectivity index (χ3n) is 6.13. The van der Waals surface area contributed by atoms with Gasteiger partial charge in [-0.25, -0.2) is 4.79 Å². The number of aryl methyl sites for hydroxylation is 1. The number of hydrogen-bond acceptors (Lipinski definition) is 3. The first-order valence-corrected chi connectivity index (χ1v) is 9.30. The molecule has 25 heavy (non-hydrogen) atoms. The van der Waals surface area contributed by atoms with Crippen molar-refractivity contribution < 1.29 is 4.79 Å². The van der Waals surface area contributed by atoms with Crippen LogP contribution in [0, 0.1) is 5.92 Å². The second kappa shape index (κ2) is 5.86. The van der Waals surface area contributed by atoms with Crippen LogP contribution in [0.5, 0.6) is 0 Å². The molecule has 6 heteroatoms. The zero-order valence-corrected chi connectivity index (χ0v) is 14.2. The summed E-state index contributed by atoms with van der Waals surface area (Å²) in [5.41, 5.74) is 2.91. The van der Waals surface area contributed by atoms with Crippen molar-refractivity contribution in [3.63, 3.8) is 0 Å². The van der Waals surface area contributed by atoms with Gasteiger partial charge < -0.3 is 10.2 Å². The Morgan fingerprint density at radius 2 is 2.20 bits per heavy atom. The van der Waals surface area contributed by atoms with E-state index in [4.69, 9.17) is 0 Å². The summed E-state index contributed by atoms with van der Waals surface area (Å²) in [6, 6.07) is 9.33. The molecule has 1 saturated carbocycles. The van der Waals surface area contributed by atoms with Gasteiger partial charge in [-0.05, 0) is 42.7 Å². The Labute approximate surface area is 147 Å². The summed E-state index contributed by atoms with van der Waals surface area (Å²) in [6.45, 7) is 1.57. The van der Waals surface area contributed by atoms with Crippen LogP contribution in [0.3, 0.4) is 0 Å². The van der Waals surface area contributed by atoms with Gasteiger partial charge in [0.15, 0.2) is 0 Å². The van der Waals surface area contributed by atoms with Gasteiger partial charge in [0, 0.05) is 24.7 Å². The summed E-state index contributed by atoms with van der Waals surface area (Å²) in [6.07, 6.45) is 7.98. The maximum absolute atomic E-state index is 12.9. The summed E-state index contributed by atoms with van der Waals surface area (Å²) in [5, 5.41) is 11.2. The van der Waals surface area contributed by atoms with Gasteiger partial charge in [0.25, 0.3) is 0 Å². The van der Waals surface area contributed by atoms with E-state index in [2.05, 4.69) is 39.9 Å². The van der Waals surface area contributed by atoms with Crippen LogP contribution in [0.4, 0.5) is 4.79 Å². The molecule has 2 fully saturated rings. The van der Waals surface area contributed by atoms with E-state index in [1.807, 2.05) is 15.8 Å². The zero-order valence-electron chi connectivity index (χ0n) is 14.2. The van der Waals surface area contributed by atoms with Gasteiger partial charge in [-0.3, -0.25) is 4.68 Å². The molecular formula is C19H23N5O. The van der Waals surface area contributed by atoms with Crippen LogP contribution in [0.1, 0.15) is 36.3 Å². The van der Waals surface area contributed by atoms with Crippen molar-refractivity contribution in [2.75, 3.05) is 6.54 Å². The maximum Gasteiger partial charge on any atom is 0.317 e. The fourth-order valence-electron chi connectivity index (χ4n) is 4.83. The largest absolute Gasteiger partial charge is 0.334 e. The number of carbonyl (C=O) groups excluding carboxylic acids is 1. The number of aromatic nitrogens is 3. The molecule has 0 spiro atoms. The van der Waals surface area contributed by atoms with Crippen molar-refractivity contribution in [2.24, 2.45) is 5.92 Å². The molecule has 2 aliphatic carbocycles. The molecular weight excluding hydrogens is 314 g/mol. The van der Waals surface area contributed by atoms with Gasteiger partial charge in [0.05, 0.1) is 18.8 Å². The average molecular weight is 337 g/mol. The van der Waals surface area contributed by atoms with Gasteiger partial charge in [0.2, 0.25) is 0 Å². The molecule has 0 bridgehead atoms. The number of urea groups is 1. The fourth-order valence-corrected chi connectivity index (χ4v) is 4.83. The van der Waals surface area contributed by atoms with Crippen LogP contribution in [-0.4, -0.2) is 44.6 Å². The van der Waals surface area contributed by atoms with E-state index in [9.17, 15) is 4.79 Å². The molecule has 3 unspecified atom stereocenters. The van der Waals surface area contributed by atoms with Gasteiger partial charge in [-0.2, -0.15) is 0 Å². The average Bonchev–Trinajstić information content (AvgIpc) is 3.00. The summed E-state index contributed by atoms with van der Waals surface area (Å²) >= 11 is 0. The maximum atomic E-state index is 12.9. The molecule has 2 aromatic rings. The summed E-state index contributed by atoms with van der Waals surface area (Å²) < 4.78 is 1.82. The quantitative estimate of drug-likeness (QED) is 0.934. The molecule has 2 amide bonds. The first-order chi connectivity index (χ1) is 12.3. The Balaban J connectivity index is 1.25. The van der Waals surface area contributed by atoms with Crippen LogP contribution >= 0.6 is 0 Å². The van der Waals surface area contributed by atoms with Crippen LogP contribution in [0.15, 0.2) is 36.7 Å². The molecule has 1 N–H and O–H groups in total. The number of fused-ring (bicyclic) bond motifs is 3. The van der Waals surface area contributed by atoms with E-state index in [0.717, 1.165) is 32.4 Å². The Morgan fingerprint density at radius 3 is 3.08 bits per heavy atom. The number of likely N-dealkylation sites (tertiary alicyclic amines) is 1. The molecule has 4 atom stereocenters. The van der Waals surface area contributed by atoms with Crippen molar-refractivity contribution >= 4 is 6.03 Å². The lowest BCUT2D eigenvalue weighted by molar-refractivity contribution is 0.184. The number of benzene rings is 1. The lowest BCUT2D eigenvalue weighted by Gasteiger charge is -2.25. The Morgan fingerprint density at radius 1 is 1.28 bits per heavy atom. The third-order valence-corrected chi connectivity index (χ3v) is 6.13. The molecule has 1 saturated heterocycles. The van der Waals surface area contributed by atoms with Crippen molar-refractivity contribution in [3.05, 3.63) is 47.8 Å². The standard InChI is InChI=1S/C19H23N5O/c25-19(24-10-3-5-14(24)12-23-11-9-20-22-23)21-18-16-8-7-13-4-1-2-6-15(13)17(16)18/h1-2,4,6,9,11,14,16-18H,3,5,7-8,10,12H2,(H,21,25)/t14-,16?,17?,18?/m0/s1. The minimum atomic E-state index is 0.0968. The van der Waals surface area contributed by atoms with Crippen molar-refractivity contribution in [1.29, 1.82) is 0 Å². The minimum Gasteiger partial charge on any atom is -0.334 e. The van der Waals surface area contributed by atoms with Gasteiger partial charge in [0.1, 0.15) is 0 Å². The Bertz CT molecular complexity index is 774. The molecule has 5 rings (SSSR count). The molecule has 1 aliphatic heterocycles. The molecule has 3 aliphatic rings. The molecule has 130 valence electrons. The SMILES string of the molecule is O=C(NC1C2CCc3ccccc3C21)N1CCC[C@H]1Cn1ccnn1. The molecule has 1 aromatic carbocycles. The molecule has 2 heterocycles. The number of hydrogen-bond donors (Lipinski definition) is 1. The highest BCUT2D eigenvalue weighted by atomic mass is 16.2. The van der Waals surface area contributed by atoms with Crippen LogP contribution in [0.2, 0.25) is 0 Å². The molecule has 0 radical (unpaired) electrons. The second-order valence-corrected chi connectivity index (χ2v) is 7.52. The summed E-state index contributed by atoms with van der Waals surface area (Å²) in [4.78, 5) is 14.9. The highest BCUT2D eigenvalue weighted by Crippen LogP contribution is 2.54. The minimum absolute atomic E-state index is 0.0968. The van der Waals surface area contributed by atoms with Gasteiger partial charge >= 0.3 is 6.03 Å². The smallest absolute Gasteiger partial charge is 0.317 e. The van der Waals surface area contributed by atoms with Crippen molar-refractivity contribution in [1.82, 2.24) is 25.2 Å². The predicted octanol–water partition coefficient (Wildman–Crippen LogP) is 2.18. The normalized spacial score (nSPS) is 29.8. The van der Waals surface area contributed by atoms with E-state index in [-0.39, 0.29) is 12.1 Å². The molecule has 1 aromatic heterocycles. The summed E-state index contributed by atoms with van der Waals surface area (Å²) in [5.74, 6) is 1.14. The van der Waals surface area contributed by atoms with Crippen LogP contribution in [0.25, 0.3) is 0 Å². The second-order valence-electron chi connectivity index (χ2n) is 7.52. The topological polar surface area (TPSA) is 63.1 Å². The monoisotopic (exact) mass is 337 g/mol. The first-order valence-electron chi connectivity index (χ1n) is 9.30. The number of nitrogens with zero attached hydrogens (tertiary/aromatic N) is 4. The third kappa shape index (κ3) is 2.60. The van der Waals surface area contributed by atoms with Crippen LogP contribution in [-0.2, 0) is 13.0 Å². The zero-order chi connectivity index (χ0) is 16.8. The van der Waals surface area contributed by atoms with Gasteiger partial charge in [-0.1, -0.05) is 29.5 Å². The van der Waals surface area contributed by atoms with E-state index in [1.165, 1.54) is 17.5 Å². The number of amides is 2. The lowest BCUT2D eigenvalue weighted by Crippen LogP contribution is -2.45. The number of carbonyl (C=O) groups is 1. The number of nitrogens with one attached hydrogen (secondary N) is 1. The van der Waals surface area contributed by atoms with E-state index >= 15 is 0 Å². The first kappa shape index (κ1) is 14.9. The predicted molar refractivity (Wildman–Crippen MR) is 93.1 cm³/mol. The highest BCUT2D eigenvalue weighted by molar-refractivity contribution is 5.76. The van der Waals surface area contributed by atoms with E-state index < -0.39 is 0 Å². The Hall–Kier alpha value is -2.37. The van der Waals surface area contributed by atoms with Crippen molar-refractivity contribution in [3.8, 4) is 0 Å². The van der Waals surface area contributed by atoms with Gasteiger partial charge in [-0.15, -0.1) is 5.10 Å². The number of rotatable bonds is 3. The van der Waals surface area contributed by atoms with Crippen molar-refractivity contribution in [2.45, 2.75) is 50.2 Å².